The van der Waals surface area contributed by atoms with Crippen LogP contribution >= 0.6 is 0 Å². The van der Waals surface area contributed by atoms with Crippen LogP contribution in [-0.4, -0.2) is 45.0 Å². The summed E-state index contributed by atoms with van der Waals surface area (Å²) in [6.07, 6.45) is 3.42. The van der Waals surface area contributed by atoms with Gasteiger partial charge in [-0.2, -0.15) is 0 Å². The molecule has 0 unspecified atom stereocenters. The second-order valence-electron chi connectivity index (χ2n) is 5.23. The number of hydrogen-bond donors (Lipinski definition) is 0. The lowest BCUT2D eigenvalue weighted by Gasteiger charge is -2.32. The van der Waals surface area contributed by atoms with Crippen molar-refractivity contribution in [2.45, 2.75) is 26.7 Å². The Morgan fingerprint density at radius 1 is 1.27 bits per heavy atom. The van der Waals surface area contributed by atoms with Crippen molar-refractivity contribution in [3.8, 4) is 0 Å². The van der Waals surface area contributed by atoms with E-state index < -0.39 is 9.84 Å². The van der Waals surface area contributed by atoms with Gasteiger partial charge in [0.25, 0.3) is 0 Å². The molecule has 0 aromatic carbocycles. The molecule has 0 aromatic heterocycles. The first-order valence-corrected chi connectivity index (χ1v) is 7.83. The van der Waals surface area contributed by atoms with E-state index in [4.69, 9.17) is 0 Å². The maximum absolute atomic E-state index is 11.1. The maximum Gasteiger partial charge on any atom is 0.147 e. The van der Waals surface area contributed by atoms with Gasteiger partial charge in [-0.1, -0.05) is 13.8 Å². The average molecular weight is 233 g/mol. The van der Waals surface area contributed by atoms with Gasteiger partial charge in [0.05, 0.1) is 5.75 Å². The highest BCUT2D eigenvalue weighted by atomic mass is 32.2. The van der Waals surface area contributed by atoms with E-state index in [1.807, 2.05) is 0 Å². The summed E-state index contributed by atoms with van der Waals surface area (Å²) in [5.41, 5.74) is 0. The normalized spacial score (nSPS) is 21.1. The highest BCUT2D eigenvalue weighted by Crippen LogP contribution is 2.19. The molecule has 0 aromatic rings. The molecule has 1 aliphatic heterocycles. The fourth-order valence-electron chi connectivity index (χ4n) is 2.28. The van der Waals surface area contributed by atoms with Gasteiger partial charge in [0.15, 0.2) is 0 Å². The van der Waals surface area contributed by atoms with Crippen molar-refractivity contribution in [3.63, 3.8) is 0 Å². The van der Waals surface area contributed by atoms with Crippen LogP contribution in [0.5, 0.6) is 0 Å². The SMILES string of the molecule is CC(C)CN1CCC(CS(C)(=O)=O)CC1. The molecule has 0 bridgehead atoms. The summed E-state index contributed by atoms with van der Waals surface area (Å²) in [7, 11) is -2.78. The molecule has 4 heteroatoms. The van der Waals surface area contributed by atoms with Gasteiger partial charge in [-0.15, -0.1) is 0 Å². The molecule has 0 aliphatic carbocycles. The summed E-state index contributed by atoms with van der Waals surface area (Å²) < 4.78 is 22.3. The van der Waals surface area contributed by atoms with E-state index in [0.29, 0.717) is 17.6 Å². The lowest BCUT2D eigenvalue weighted by molar-refractivity contribution is 0.176. The molecule has 15 heavy (non-hydrogen) atoms. The smallest absolute Gasteiger partial charge is 0.147 e. The van der Waals surface area contributed by atoms with Crippen LogP contribution in [-0.2, 0) is 9.84 Å². The monoisotopic (exact) mass is 233 g/mol. The van der Waals surface area contributed by atoms with Crippen LogP contribution < -0.4 is 0 Å². The highest BCUT2D eigenvalue weighted by molar-refractivity contribution is 7.90. The second-order valence-corrected chi connectivity index (χ2v) is 7.42. The van der Waals surface area contributed by atoms with E-state index in [0.717, 1.165) is 32.5 Å². The second kappa shape index (κ2) is 5.30. The Morgan fingerprint density at radius 3 is 2.20 bits per heavy atom. The standard InChI is InChI=1S/C11H23NO2S/c1-10(2)8-12-6-4-11(5-7-12)9-15(3,13)14/h10-11H,4-9H2,1-3H3. The quantitative estimate of drug-likeness (QED) is 0.736. The van der Waals surface area contributed by atoms with E-state index >= 15 is 0 Å². The van der Waals surface area contributed by atoms with Crippen molar-refractivity contribution in [3.05, 3.63) is 0 Å². The van der Waals surface area contributed by atoms with Crippen molar-refractivity contribution >= 4 is 9.84 Å². The minimum Gasteiger partial charge on any atom is -0.303 e. The first-order valence-electron chi connectivity index (χ1n) is 5.77. The third-order valence-corrected chi connectivity index (χ3v) is 3.95. The Bertz CT molecular complexity index is 277. The van der Waals surface area contributed by atoms with Gasteiger partial charge < -0.3 is 4.90 Å². The van der Waals surface area contributed by atoms with Crippen LogP contribution in [0.15, 0.2) is 0 Å². The fraction of sp³-hybridized carbons (Fsp3) is 1.00. The van der Waals surface area contributed by atoms with Gasteiger partial charge in [0.2, 0.25) is 0 Å². The molecule has 1 rings (SSSR count). The Balaban J connectivity index is 2.30. The van der Waals surface area contributed by atoms with Gasteiger partial charge in [-0.25, -0.2) is 8.42 Å². The number of rotatable bonds is 4. The maximum atomic E-state index is 11.1. The number of piperidine rings is 1. The van der Waals surface area contributed by atoms with Gasteiger partial charge in [-0.05, 0) is 37.8 Å². The van der Waals surface area contributed by atoms with Crippen LogP contribution in [0.2, 0.25) is 0 Å². The molecule has 0 atom stereocenters. The zero-order chi connectivity index (χ0) is 11.5. The van der Waals surface area contributed by atoms with Crippen LogP contribution in [0.25, 0.3) is 0 Å². The number of hydrogen-bond acceptors (Lipinski definition) is 3. The van der Waals surface area contributed by atoms with E-state index in [-0.39, 0.29) is 0 Å². The number of nitrogens with zero attached hydrogens (tertiary/aromatic N) is 1. The summed E-state index contributed by atoms with van der Waals surface area (Å²) in [4.78, 5) is 2.45. The molecule has 0 saturated carbocycles. The minimum absolute atomic E-state index is 0.377. The van der Waals surface area contributed by atoms with Crippen LogP contribution in [0, 0.1) is 11.8 Å². The van der Waals surface area contributed by atoms with E-state index in [9.17, 15) is 8.42 Å². The van der Waals surface area contributed by atoms with E-state index in [2.05, 4.69) is 18.7 Å². The Labute approximate surface area is 93.8 Å². The highest BCUT2D eigenvalue weighted by Gasteiger charge is 2.22. The van der Waals surface area contributed by atoms with Crippen molar-refractivity contribution in [2.24, 2.45) is 11.8 Å². The first-order chi connectivity index (χ1) is 6.87. The fourth-order valence-corrected chi connectivity index (χ4v) is 3.47. The van der Waals surface area contributed by atoms with Crippen molar-refractivity contribution in [1.29, 1.82) is 0 Å². The minimum atomic E-state index is -2.78. The van der Waals surface area contributed by atoms with Crippen molar-refractivity contribution in [1.82, 2.24) is 4.90 Å². The van der Waals surface area contributed by atoms with Crippen LogP contribution in [0.1, 0.15) is 26.7 Å². The Hall–Kier alpha value is -0.0900. The Morgan fingerprint density at radius 2 is 1.80 bits per heavy atom. The van der Waals surface area contributed by atoms with Gasteiger partial charge in [-0.3, -0.25) is 0 Å². The molecular formula is C11H23NO2S. The topological polar surface area (TPSA) is 37.4 Å². The zero-order valence-corrected chi connectivity index (χ0v) is 10.9. The Kier molecular flexibility index (Phi) is 4.59. The summed E-state index contributed by atoms with van der Waals surface area (Å²) in [5, 5.41) is 0. The largest absolute Gasteiger partial charge is 0.303 e. The van der Waals surface area contributed by atoms with Crippen LogP contribution in [0.3, 0.4) is 0 Å². The molecule has 0 radical (unpaired) electrons. The average Bonchev–Trinajstić information content (AvgIpc) is 2.05. The third kappa shape index (κ3) is 5.52. The summed E-state index contributed by atoms with van der Waals surface area (Å²) in [6, 6.07) is 0. The molecule has 0 spiro atoms. The molecule has 90 valence electrons. The molecular weight excluding hydrogens is 210 g/mol. The number of likely N-dealkylation sites (tertiary alicyclic amines) is 1. The van der Waals surface area contributed by atoms with Crippen molar-refractivity contribution in [2.75, 3.05) is 31.6 Å². The predicted molar refractivity (Wildman–Crippen MR) is 63.7 cm³/mol. The lowest BCUT2D eigenvalue weighted by Crippen LogP contribution is -2.37. The zero-order valence-electron chi connectivity index (χ0n) is 10.1. The molecule has 0 N–H and O–H groups in total. The summed E-state index contributed by atoms with van der Waals surface area (Å²) >= 11 is 0. The summed E-state index contributed by atoms with van der Waals surface area (Å²) in [6.45, 7) is 7.73. The summed E-state index contributed by atoms with van der Waals surface area (Å²) in [5.74, 6) is 1.47. The first kappa shape index (κ1) is 13.0. The third-order valence-electron chi connectivity index (χ3n) is 2.87. The molecule has 1 aliphatic rings. The molecule has 0 amide bonds. The van der Waals surface area contributed by atoms with Gasteiger partial charge >= 0.3 is 0 Å². The van der Waals surface area contributed by atoms with Crippen molar-refractivity contribution < 1.29 is 8.42 Å². The van der Waals surface area contributed by atoms with Crippen LogP contribution in [0.4, 0.5) is 0 Å². The van der Waals surface area contributed by atoms with Gasteiger partial charge in [0.1, 0.15) is 9.84 Å². The predicted octanol–water partition coefficient (Wildman–Crippen LogP) is 1.40. The molecule has 3 nitrogen and oxygen atoms in total. The van der Waals surface area contributed by atoms with Gasteiger partial charge in [0, 0.05) is 12.8 Å². The molecule has 1 saturated heterocycles. The molecule has 1 fully saturated rings. The van der Waals surface area contributed by atoms with E-state index in [1.165, 1.54) is 6.26 Å². The van der Waals surface area contributed by atoms with E-state index in [1.54, 1.807) is 0 Å². The lowest BCUT2D eigenvalue weighted by atomic mass is 9.98. The number of sulfone groups is 1. The molecule has 1 heterocycles.